The number of nitrogens with zero attached hydrogens (tertiary/aromatic N) is 3. The van der Waals surface area contributed by atoms with E-state index in [1.165, 1.54) is 0 Å². The van der Waals surface area contributed by atoms with E-state index in [0.717, 1.165) is 17.8 Å². The molecule has 2 amide bonds. The summed E-state index contributed by atoms with van der Waals surface area (Å²) in [6, 6.07) is 7.22. The van der Waals surface area contributed by atoms with Gasteiger partial charge in [0.1, 0.15) is 5.75 Å². The number of anilines is 1. The van der Waals surface area contributed by atoms with Gasteiger partial charge in [0.2, 0.25) is 11.8 Å². The Balaban J connectivity index is 0.00000240. The second-order valence-electron chi connectivity index (χ2n) is 7.43. The Morgan fingerprint density at radius 2 is 2.17 bits per heavy atom. The summed E-state index contributed by atoms with van der Waals surface area (Å²) in [5, 5.41) is 10.6. The zero-order chi connectivity index (χ0) is 19.7. The van der Waals surface area contributed by atoms with Crippen LogP contribution in [-0.2, 0) is 16.6 Å². The third kappa shape index (κ3) is 4.38. The first-order valence-corrected chi connectivity index (χ1v) is 9.49. The minimum absolute atomic E-state index is 0. The van der Waals surface area contributed by atoms with Crippen molar-refractivity contribution in [3.05, 3.63) is 42.2 Å². The molecule has 2 aliphatic rings. The van der Waals surface area contributed by atoms with Crippen molar-refractivity contribution in [1.29, 1.82) is 0 Å². The Labute approximate surface area is 176 Å². The van der Waals surface area contributed by atoms with E-state index >= 15 is 0 Å². The van der Waals surface area contributed by atoms with Gasteiger partial charge in [-0.25, -0.2) is 0 Å². The van der Waals surface area contributed by atoms with Crippen LogP contribution < -0.4 is 20.3 Å². The van der Waals surface area contributed by atoms with Gasteiger partial charge in [0.15, 0.2) is 0 Å². The highest BCUT2D eigenvalue weighted by atomic mass is 35.5. The number of ether oxygens (including phenoxy) is 1. The van der Waals surface area contributed by atoms with Gasteiger partial charge >= 0.3 is 0 Å². The summed E-state index contributed by atoms with van der Waals surface area (Å²) in [6.45, 7) is 1.85. The molecule has 1 unspecified atom stereocenters. The van der Waals surface area contributed by atoms with Crippen molar-refractivity contribution < 1.29 is 14.3 Å². The number of aryl methyl sites for hydroxylation is 1. The predicted molar refractivity (Wildman–Crippen MR) is 111 cm³/mol. The fraction of sp³-hybridized carbons (Fsp3) is 0.450. The van der Waals surface area contributed by atoms with Crippen molar-refractivity contribution in [3.8, 4) is 5.75 Å². The average Bonchev–Trinajstić information content (AvgIpc) is 3.41. The second kappa shape index (κ2) is 8.84. The summed E-state index contributed by atoms with van der Waals surface area (Å²) >= 11 is 0. The summed E-state index contributed by atoms with van der Waals surface area (Å²) < 4.78 is 7.00. The van der Waals surface area contributed by atoms with Gasteiger partial charge in [-0.1, -0.05) is 6.07 Å². The van der Waals surface area contributed by atoms with E-state index in [1.54, 1.807) is 16.7 Å². The molecule has 0 spiro atoms. The van der Waals surface area contributed by atoms with E-state index in [1.807, 2.05) is 43.7 Å². The van der Waals surface area contributed by atoms with E-state index in [4.69, 9.17) is 4.74 Å². The molecule has 1 aromatic heterocycles. The fourth-order valence-corrected chi connectivity index (χ4v) is 4.08. The molecular weight excluding hydrogens is 394 g/mol. The number of carbonyl (C=O) groups is 2. The topological polar surface area (TPSA) is 88.5 Å². The van der Waals surface area contributed by atoms with Gasteiger partial charge in [0.25, 0.3) is 0 Å². The molecular formula is C20H26ClN5O3. The summed E-state index contributed by atoms with van der Waals surface area (Å²) in [7, 11) is 3.47. The highest BCUT2D eigenvalue weighted by Gasteiger charge is 2.38. The molecule has 4 rings (SSSR count). The normalized spacial score (nSPS) is 23.7. The molecule has 3 atom stereocenters. The molecule has 0 radical (unpaired) electrons. The van der Waals surface area contributed by atoms with Crippen LogP contribution in [0, 0.1) is 5.92 Å². The highest BCUT2D eigenvalue weighted by Crippen LogP contribution is 2.29. The van der Waals surface area contributed by atoms with Crippen LogP contribution in [0.2, 0.25) is 0 Å². The fourth-order valence-electron chi connectivity index (χ4n) is 4.08. The number of benzene rings is 1. The van der Waals surface area contributed by atoms with Gasteiger partial charge in [-0.3, -0.25) is 14.3 Å². The molecule has 0 saturated carbocycles. The lowest BCUT2D eigenvalue weighted by Gasteiger charge is -2.21. The lowest BCUT2D eigenvalue weighted by atomic mass is 9.90. The van der Waals surface area contributed by atoms with Crippen LogP contribution >= 0.6 is 12.4 Å². The molecule has 9 heteroatoms. The maximum Gasteiger partial charge on any atom is 0.229 e. The zero-order valence-electron chi connectivity index (χ0n) is 16.5. The molecule has 0 bridgehead atoms. The van der Waals surface area contributed by atoms with Gasteiger partial charge in [0, 0.05) is 57.0 Å². The van der Waals surface area contributed by atoms with E-state index in [0.29, 0.717) is 25.3 Å². The van der Waals surface area contributed by atoms with Crippen LogP contribution in [0.3, 0.4) is 0 Å². The maximum absolute atomic E-state index is 12.9. The van der Waals surface area contributed by atoms with Crippen LogP contribution in [0.1, 0.15) is 17.9 Å². The number of halogens is 1. The Morgan fingerprint density at radius 3 is 2.90 bits per heavy atom. The monoisotopic (exact) mass is 419 g/mol. The average molecular weight is 420 g/mol. The van der Waals surface area contributed by atoms with Gasteiger partial charge in [0.05, 0.1) is 25.3 Å². The minimum Gasteiger partial charge on any atom is -0.497 e. The van der Waals surface area contributed by atoms with Crippen molar-refractivity contribution in [1.82, 2.24) is 20.4 Å². The van der Waals surface area contributed by atoms with Crippen LogP contribution in [0.25, 0.3) is 0 Å². The van der Waals surface area contributed by atoms with Gasteiger partial charge in [-0.05, 0) is 17.7 Å². The van der Waals surface area contributed by atoms with E-state index < -0.39 is 0 Å². The molecule has 156 valence electrons. The SMILES string of the molecule is COc1cccc(N2CC(NC(=O)[C@H]3CNC[C@@H]3c3cnn(C)c3)CC2=O)c1.Cl. The summed E-state index contributed by atoms with van der Waals surface area (Å²) in [5.41, 5.74) is 1.85. The number of rotatable bonds is 5. The molecule has 2 N–H and O–H groups in total. The Kier molecular flexibility index (Phi) is 6.44. The first-order chi connectivity index (χ1) is 13.5. The number of hydrogen-bond acceptors (Lipinski definition) is 5. The molecule has 2 aromatic rings. The van der Waals surface area contributed by atoms with Gasteiger partial charge < -0.3 is 20.3 Å². The first-order valence-electron chi connectivity index (χ1n) is 9.49. The number of hydrogen-bond donors (Lipinski definition) is 2. The quantitative estimate of drug-likeness (QED) is 0.757. The molecule has 8 nitrogen and oxygen atoms in total. The summed E-state index contributed by atoms with van der Waals surface area (Å²) in [4.78, 5) is 27.1. The van der Waals surface area contributed by atoms with Crippen molar-refractivity contribution in [2.75, 3.05) is 31.6 Å². The smallest absolute Gasteiger partial charge is 0.229 e. The van der Waals surface area contributed by atoms with E-state index in [-0.39, 0.29) is 42.1 Å². The molecule has 2 saturated heterocycles. The maximum atomic E-state index is 12.9. The van der Waals surface area contributed by atoms with Crippen molar-refractivity contribution in [3.63, 3.8) is 0 Å². The highest BCUT2D eigenvalue weighted by molar-refractivity contribution is 5.97. The molecule has 2 aliphatic heterocycles. The third-order valence-electron chi connectivity index (χ3n) is 5.54. The van der Waals surface area contributed by atoms with Crippen LogP contribution in [0.5, 0.6) is 5.75 Å². The van der Waals surface area contributed by atoms with Crippen molar-refractivity contribution in [2.24, 2.45) is 13.0 Å². The number of aromatic nitrogens is 2. The third-order valence-corrected chi connectivity index (χ3v) is 5.54. The van der Waals surface area contributed by atoms with Gasteiger partial charge in [-0.2, -0.15) is 5.10 Å². The van der Waals surface area contributed by atoms with E-state index in [2.05, 4.69) is 15.7 Å². The first kappa shape index (κ1) is 21.1. The number of carbonyl (C=O) groups excluding carboxylic acids is 2. The lowest BCUT2D eigenvalue weighted by molar-refractivity contribution is -0.125. The standard InChI is InChI=1S/C20H25N5O3.ClH/c1-24-11-13(8-22-24)17-9-21-10-18(17)20(27)23-14-6-19(26)25(12-14)15-4-3-5-16(7-15)28-2;/h3-5,7-8,11,14,17-18,21H,6,9-10,12H2,1-2H3,(H,23,27);1H/t14?,17-,18+;/m1./s1. The zero-order valence-corrected chi connectivity index (χ0v) is 17.3. The van der Waals surface area contributed by atoms with E-state index in [9.17, 15) is 9.59 Å². The largest absolute Gasteiger partial charge is 0.497 e. The van der Waals surface area contributed by atoms with Crippen LogP contribution in [-0.4, -0.2) is 54.4 Å². The summed E-state index contributed by atoms with van der Waals surface area (Å²) in [5.74, 6) is 0.635. The van der Waals surface area contributed by atoms with Crippen LogP contribution in [0.4, 0.5) is 5.69 Å². The molecule has 29 heavy (non-hydrogen) atoms. The Bertz CT molecular complexity index is 887. The van der Waals surface area contributed by atoms with Crippen LogP contribution in [0.15, 0.2) is 36.7 Å². The number of amides is 2. The lowest BCUT2D eigenvalue weighted by Crippen LogP contribution is -2.42. The Hall–Kier alpha value is -2.58. The predicted octanol–water partition coefficient (Wildman–Crippen LogP) is 1.08. The van der Waals surface area contributed by atoms with Crippen molar-refractivity contribution >= 4 is 29.9 Å². The Morgan fingerprint density at radius 1 is 1.34 bits per heavy atom. The second-order valence-corrected chi connectivity index (χ2v) is 7.43. The van der Waals surface area contributed by atoms with Crippen molar-refractivity contribution in [2.45, 2.75) is 18.4 Å². The summed E-state index contributed by atoms with van der Waals surface area (Å²) in [6.07, 6.45) is 4.09. The molecule has 0 aliphatic carbocycles. The molecule has 2 fully saturated rings. The number of methoxy groups -OCH3 is 1. The van der Waals surface area contributed by atoms with Gasteiger partial charge in [-0.15, -0.1) is 12.4 Å². The number of nitrogens with one attached hydrogen (secondary N) is 2. The minimum atomic E-state index is -0.193. The molecule has 3 heterocycles. The molecule has 1 aromatic carbocycles.